The zero-order valence-corrected chi connectivity index (χ0v) is 15.1. The summed E-state index contributed by atoms with van der Waals surface area (Å²) in [4.78, 5) is 6.99. The van der Waals surface area contributed by atoms with Crippen LogP contribution in [0.3, 0.4) is 0 Å². The molecular weight excluding hydrogens is 258 g/mol. The minimum Gasteiger partial charge on any atom is -0.357 e. The van der Waals surface area contributed by atoms with Crippen molar-refractivity contribution in [3.05, 3.63) is 23.4 Å². The van der Waals surface area contributed by atoms with Gasteiger partial charge >= 0.3 is 0 Å². The van der Waals surface area contributed by atoms with E-state index in [1.54, 1.807) is 0 Å². The lowest BCUT2D eigenvalue weighted by molar-refractivity contribution is 0.424. The van der Waals surface area contributed by atoms with Gasteiger partial charge in [0.05, 0.1) is 0 Å². The molecule has 120 valence electrons. The molecule has 0 aliphatic rings. The van der Waals surface area contributed by atoms with E-state index in [2.05, 4.69) is 71.8 Å². The predicted octanol–water partition coefficient (Wildman–Crippen LogP) is 4.15. The summed E-state index contributed by atoms with van der Waals surface area (Å²) in [5, 5.41) is 3.51. The summed E-state index contributed by atoms with van der Waals surface area (Å²) in [6, 6.07) is 2.76. The number of anilines is 1. The summed E-state index contributed by atoms with van der Waals surface area (Å²) in [5.74, 6) is 1.81. The smallest absolute Gasteiger partial charge is 0.131 e. The summed E-state index contributed by atoms with van der Waals surface area (Å²) in [7, 11) is 2.15. The van der Waals surface area contributed by atoms with Gasteiger partial charge in [0, 0.05) is 31.4 Å². The van der Waals surface area contributed by atoms with Gasteiger partial charge < -0.3 is 10.2 Å². The van der Waals surface area contributed by atoms with Crippen LogP contribution in [0.5, 0.6) is 0 Å². The quantitative estimate of drug-likeness (QED) is 0.853. The van der Waals surface area contributed by atoms with Gasteiger partial charge in [-0.25, -0.2) is 4.98 Å². The minimum atomic E-state index is 0.134. The molecule has 0 saturated heterocycles. The Morgan fingerprint density at radius 3 is 2.33 bits per heavy atom. The van der Waals surface area contributed by atoms with Crippen LogP contribution in [0.4, 0.5) is 5.82 Å². The van der Waals surface area contributed by atoms with E-state index in [1.807, 2.05) is 6.20 Å². The number of aryl methyl sites for hydroxylation is 1. The molecule has 1 aromatic heterocycles. The molecule has 1 N–H and O–H groups in total. The maximum Gasteiger partial charge on any atom is 0.131 e. The van der Waals surface area contributed by atoms with Crippen molar-refractivity contribution < 1.29 is 0 Å². The molecule has 0 aliphatic heterocycles. The second-order valence-corrected chi connectivity index (χ2v) is 7.68. The zero-order chi connectivity index (χ0) is 16.2. The largest absolute Gasteiger partial charge is 0.357 e. The van der Waals surface area contributed by atoms with Crippen molar-refractivity contribution in [3.8, 4) is 0 Å². The molecule has 0 aromatic carbocycles. The van der Waals surface area contributed by atoms with E-state index in [0.717, 1.165) is 12.4 Å². The van der Waals surface area contributed by atoms with Crippen LogP contribution in [0.2, 0.25) is 0 Å². The number of hydrogen-bond acceptors (Lipinski definition) is 3. The van der Waals surface area contributed by atoms with E-state index in [-0.39, 0.29) is 5.54 Å². The first kappa shape index (κ1) is 18.0. The number of aromatic nitrogens is 1. The number of hydrogen-bond donors (Lipinski definition) is 1. The van der Waals surface area contributed by atoms with Crippen LogP contribution in [0.15, 0.2) is 12.3 Å². The maximum absolute atomic E-state index is 4.69. The predicted molar refractivity (Wildman–Crippen MR) is 92.9 cm³/mol. The Kier molecular flexibility index (Phi) is 6.21. The highest BCUT2D eigenvalue weighted by molar-refractivity contribution is 5.47. The maximum atomic E-state index is 4.69. The lowest BCUT2D eigenvalue weighted by atomic mass is 10.0. The van der Waals surface area contributed by atoms with Crippen molar-refractivity contribution in [3.63, 3.8) is 0 Å². The topological polar surface area (TPSA) is 28.2 Å². The molecule has 0 spiro atoms. The molecule has 3 nitrogen and oxygen atoms in total. The normalized spacial score (nSPS) is 13.6. The fourth-order valence-corrected chi connectivity index (χ4v) is 2.51. The van der Waals surface area contributed by atoms with Crippen molar-refractivity contribution in [1.29, 1.82) is 0 Å². The Balaban J connectivity index is 2.78. The van der Waals surface area contributed by atoms with Gasteiger partial charge in [0.15, 0.2) is 0 Å². The van der Waals surface area contributed by atoms with Crippen molar-refractivity contribution in [1.82, 2.24) is 10.3 Å². The van der Waals surface area contributed by atoms with E-state index < -0.39 is 0 Å². The van der Waals surface area contributed by atoms with Gasteiger partial charge in [-0.15, -0.1) is 0 Å². The lowest BCUT2D eigenvalue weighted by Crippen LogP contribution is -2.35. The SMILES string of the molecule is Cc1cc(CNC(C)(C)C)cnc1N(C)C(C)CC(C)C. The van der Waals surface area contributed by atoms with E-state index in [4.69, 9.17) is 4.98 Å². The van der Waals surface area contributed by atoms with Crippen LogP contribution in [-0.2, 0) is 6.54 Å². The van der Waals surface area contributed by atoms with Crippen LogP contribution in [0, 0.1) is 12.8 Å². The van der Waals surface area contributed by atoms with Gasteiger partial charge in [-0.05, 0) is 64.2 Å². The molecule has 1 rings (SSSR count). The Morgan fingerprint density at radius 1 is 1.24 bits per heavy atom. The van der Waals surface area contributed by atoms with E-state index in [1.165, 1.54) is 17.5 Å². The van der Waals surface area contributed by atoms with Crippen LogP contribution in [0.1, 0.15) is 59.1 Å². The van der Waals surface area contributed by atoms with Crippen molar-refractivity contribution in [2.75, 3.05) is 11.9 Å². The van der Waals surface area contributed by atoms with Crippen LogP contribution in [0.25, 0.3) is 0 Å². The second kappa shape index (κ2) is 7.26. The summed E-state index contributed by atoms with van der Waals surface area (Å²) in [6.07, 6.45) is 3.19. The first-order chi connectivity index (χ1) is 9.60. The van der Waals surface area contributed by atoms with E-state index in [0.29, 0.717) is 12.0 Å². The zero-order valence-electron chi connectivity index (χ0n) is 15.1. The molecule has 3 heteroatoms. The van der Waals surface area contributed by atoms with Crippen LogP contribution >= 0.6 is 0 Å². The molecule has 0 saturated carbocycles. The molecule has 21 heavy (non-hydrogen) atoms. The fourth-order valence-electron chi connectivity index (χ4n) is 2.51. The molecule has 0 radical (unpaired) electrons. The van der Waals surface area contributed by atoms with Gasteiger partial charge in [-0.2, -0.15) is 0 Å². The first-order valence-corrected chi connectivity index (χ1v) is 8.03. The molecule has 0 amide bonds. The highest BCUT2D eigenvalue weighted by Gasteiger charge is 2.15. The fraction of sp³-hybridized carbons (Fsp3) is 0.722. The third-order valence-corrected chi connectivity index (χ3v) is 3.74. The number of nitrogens with one attached hydrogen (secondary N) is 1. The van der Waals surface area contributed by atoms with Gasteiger partial charge in [0.1, 0.15) is 5.82 Å². The van der Waals surface area contributed by atoms with Crippen LogP contribution in [-0.4, -0.2) is 23.6 Å². The summed E-state index contributed by atoms with van der Waals surface area (Å²) in [5.41, 5.74) is 2.63. The molecule has 1 atom stereocenters. The average molecular weight is 291 g/mol. The Bertz CT molecular complexity index is 446. The molecule has 0 fully saturated rings. The highest BCUT2D eigenvalue weighted by atomic mass is 15.2. The Labute approximate surface area is 131 Å². The van der Waals surface area contributed by atoms with Crippen LogP contribution < -0.4 is 10.2 Å². The van der Waals surface area contributed by atoms with Gasteiger partial charge in [0.2, 0.25) is 0 Å². The third kappa shape index (κ3) is 6.04. The minimum absolute atomic E-state index is 0.134. The number of nitrogens with zero attached hydrogens (tertiary/aromatic N) is 2. The number of pyridine rings is 1. The van der Waals surface area contributed by atoms with Gasteiger partial charge in [-0.3, -0.25) is 0 Å². The molecule has 0 bridgehead atoms. The lowest BCUT2D eigenvalue weighted by Gasteiger charge is -2.29. The van der Waals surface area contributed by atoms with Gasteiger partial charge in [0.25, 0.3) is 0 Å². The molecule has 1 unspecified atom stereocenters. The van der Waals surface area contributed by atoms with Gasteiger partial charge in [-0.1, -0.05) is 13.8 Å². The Morgan fingerprint density at radius 2 is 1.86 bits per heavy atom. The first-order valence-electron chi connectivity index (χ1n) is 8.03. The summed E-state index contributed by atoms with van der Waals surface area (Å²) >= 11 is 0. The van der Waals surface area contributed by atoms with Crippen molar-refractivity contribution in [2.24, 2.45) is 5.92 Å². The van der Waals surface area contributed by atoms with E-state index in [9.17, 15) is 0 Å². The number of rotatable bonds is 6. The van der Waals surface area contributed by atoms with Crippen molar-refractivity contribution in [2.45, 2.75) is 73.0 Å². The second-order valence-electron chi connectivity index (χ2n) is 7.68. The Hall–Kier alpha value is -1.09. The molecule has 1 aromatic rings. The summed E-state index contributed by atoms with van der Waals surface area (Å²) in [6.45, 7) is 16.4. The van der Waals surface area contributed by atoms with E-state index >= 15 is 0 Å². The summed E-state index contributed by atoms with van der Waals surface area (Å²) < 4.78 is 0. The monoisotopic (exact) mass is 291 g/mol. The molecular formula is C18H33N3. The standard InChI is InChI=1S/C18H33N3/c1-13(2)9-15(4)21(8)17-14(3)10-16(11-19-17)12-20-18(5,6)7/h10-11,13,15,20H,9,12H2,1-8H3. The van der Waals surface area contributed by atoms with Crippen molar-refractivity contribution >= 4 is 5.82 Å². The third-order valence-electron chi connectivity index (χ3n) is 3.74. The average Bonchev–Trinajstić information content (AvgIpc) is 2.34. The molecule has 0 aliphatic carbocycles. The molecule has 1 heterocycles. The highest BCUT2D eigenvalue weighted by Crippen LogP contribution is 2.21.